The van der Waals surface area contributed by atoms with Crippen LogP contribution >= 0.6 is 0 Å². The van der Waals surface area contributed by atoms with Crippen LogP contribution in [0.1, 0.15) is 43.8 Å². The Hall–Kier alpha value is -2.15. The molecule has 0 aromatic carbocycles. The van der Waals surface area contributed by atoms with E-state index in [2.05, 4.69) is 27.0 Å². The summed E-state index contributed by atoms with van der Waals surface area (Å²) in [7, 11) is 0. The van der Waals surface area contributed by atoms with Crippen LogP contribution in [-0.4, -0.2) is 39.1 Å². The summed E-state index contributed by atoms with van der Waals surface area (Å²) in [5.41, 5.74) is 5.14. The predicted molar refractivity (Wildman–Crippen MR) is 80.8 cm³/mol. The van der Waals surface area contributed by atoms with Crippen LogP contribution in [-0.2, 0) is 11.2 Å². The number of carbonyl (C=O) groups excluding carboxylic acids is 1. The standard InChI is InChI=1S/C15H21N5O2/c1-10(20-7-3-2-4-8-20)11-5-6-12(22-11)15-17-14(18-19-15)9-13(16)21/h5-6,10H,2-4,7-9H2,1H3,(H2,16,21)(H,17,18,19). The molecule has 3 N–H and O–H groups in total. The molecule has 2 aromatic heterocycles. The number of piperidine rings is 1. The van der Waals surface area contributed by atoms with Crippen molar-refractivity contribution < 1.29 is 9.21 Å². The number of amides is 1. The molecule has 1 fully saturated rings. The molecule has 1 atom stereocenters. The average Bonchev–Trinajstić information content (AvgIpc) is 3.15. The molecule has 0 spiro atoms. The zero-order valence-corrected chi connectivity index (χ0v) is 12.7. The van der Waals surface area contributed by atoms with Crippen LogP contribution in [0.2, 0.25) is 0 Å². The maximum Gasteiger partial charge on any atom is 0.225 e. The van der Waals surface area contributed by atoms with Gasteiger partial charge in [0.25, 0.3) is 0 Å². The lowest BCUT2D eigenvalue weighted by Crippen LogP contribution is -2.32. The molecule has 1 unspecified atom stereocenters. The van der Waals surface area contributed by atoms with Crippen molar-refractivity contribution in [1.82, 2.24) is 20.1 Å². The highest BCUT2D eigenvalue weighted by molar-refractivity contribution is 5.75. The van der Waals surface area contributed by atoms with Crippen LogP contribution in [0, 0.1) is 0 Å². The highest BCUT2D eigenvalue weighted by atomic mass is 16.3. The molecular weight excluding hydrogens is 282 g/mol. The molecule has 0 radical (unpaired) electrons. The number of primary amides is 1. The third kappa shape index (κ3) is 3.19. The van der Waals surface area contributed by atoms with E-state index in [-0.39, 0.29) is 12.5 Å². The first-order valence-electron chi connectivity index (χ1n) is 7.67. The minimum Gasteiger partial charge on any atom is -0.456 e. The van der Waals surface area contributed by atoms with Gasteiger partial charge in [-0.2, -0.15) is 5.10 Å². The van der Waals surface area contributed by atoms with Crippen molar-refractivity contribution >= 4 is 5.91 Å². The SMILES string of the molecule is CC(c1ccc(-c2n[nH]c(CC(N)=O)n2)o1)N1CCCCC1. The summed E-state index contributed by atoms with van der Waals surface area (Å²) in [6.07, 6.45) is 3.85. The van der Waals surface area contributed by atoms with Crippen molar-refractivity contribution in [3.63, 3.8) is 0 Å². The molecular formula is C15H21N5O2. The Morgan fingerprint density at radius 2 is 2.18 bits per heavy atom. The molecule has 7 nitrogen and oxygen atoms in total. The molecule has 118 valence electrons. The van der Waals surface area contributed by atoms with Gasteiger partial charge in [-0.15, -0.1) is 0 Å². The van der Waals surface area contributed by atoms with Crippen molar-refractivity contribution in [2.75, 3.05) is 13.1 Å². The van der Waals surface area contributed by atoms with Gasteiger partial charge in [0.15, 0.2) is 5.76 Å². The van der Waals surface area contributed by atoms with Gasteiger partial charge in [0.2, 0.25) is 11.7 Å². The van der Waals surface area contributed by atoms with Crippen LogP contribution in [0.15, 0.2) is 16.5 Å². The number of rotatable bonds is 5. The molecule has 1 amide bonds. The molecule has 0 saturated carbocycles. The average molecular weight is 303 g/mol. The minimum atomic E-state index is -0.443. The normalized spacial score (nSPS) is 17.5. The van der Waals surface area contributed by atoms with Gasteiger partial charge in [0.1, 0.15) is 11.6 Å². The Bertz CT molecular complexity index is 642. The third-order valence-electron chi connectivity index (χ3n) is 4.07. The second-order valence-corrected chi connectivity index (χ2v) is 5.72. The number of aromatic amines is 1. The molecule has 7 heteroatoms. The van der Waals surface area contributed by atoms with Gasteiger partial charge in [-0.3, -0.25) is 14.8 Å². The van der Waals surface area contributed by atoms with E-state index in [0.29, 0.717) is 17.4 Å². The smallest absolute Gasteiger partial charge is 0.225 e. The number of hydrogen-bond donors (Lipinski definition) is 2. The Labute approximate surface area is 128 Å². The summed E-state index contributed by atoms with van der Waals surface area (Å²) in [5, 5.41) is 6.78. The maximum atomic E-state index is 10.9. The van der Waals surface area contributed by atoms with E-state index in [4.69, 9.17) is 10.2 Å². The van der Waals surface area contributed by atoms with Crippen molar-refractivity contribution in [2.24, 2.45) is 5.73 Å². The number of furan rings is 1. The summed E-state index contributed by atoms with van der Waals surface area (Å²) < 4.78 is 5.90. The van der Waals surface area contributed by atoms with Crippen LogP contribution in [0.25, 0.3) is 11.6 Å². The Morgan fingerprint density at radius 3 is 2.91 bits per heavy atom. The van der Waals surface area contributed by atoms with E-state index in [1.54, 1.807) is 0 Å². The Balaban J connectivity index is 1.72. The number of H-pyrrole nitrogens is 1. The number of hydrogen-bond acceptors (Lipinski definition) is 5. The zero-order chi connectivity index (χ0) is 15.5. The van der Waals surface area contributed by atoms with E-state index in [1.807, 2.05) is 12.1 Å². The number of nitrogens with two attached hydrogens (primary N) is 1. The van der Waals surface area contributed by atoms with Gasteiger partial charge in [0, 0.05) is 0 Å². The van der Waals surface area contributed by atoms with Crippen molar-refractivity contribution in [3.05, 3.63) is 23.7 Å². The summed E-state index contributed by atoms with van der Waals surface area (Å²) in [6, 6.07) is 4.09. The van der Waals surface area contributed by atoms with Crippen LogP contribution < -0.4 is 5.73 Å². The number of carbonyl (C=O) groups is 1. The van der Waals surface area contributed by atoms with Crippen molar-refractivity contribution in [2.45, 2.75) is 38.6 Å². The summed E-state index contributed by atoms with van der Waals surface area (Å²) in [4.78, 5) is 17.6. The predicted octanol–water partition coefficient (Wildman–Crippen LogP) is 1.64. The lowest BCUT2D eigenvalue weighted by Gasteiger charge is -2.31. The number of nitrogens with one attached hydrogen (secondary N) is 1. The second-order valence-electron chi connectivity index (χ2n) is 5.72. The van der Waals surface area contributed by atoms with Gasteiger partial charge in [-0.1, -0.05) is 6.42 Å². The molecule has 3 heterocycles. The topological polar surface area (TPSA) is 101 Å². The molecule has 3 rings (SSSR count). The van der Waals surface area contributed by atoms with Crippen molar-refractivity contribution in [3.8, 4) is 11.6 Å². The highest BCUT2D eigenvalue weighted by Gasteiger charge is 2.21. The summed E-state index contributed by atoms with van der Waals surface area (Å²) in [5.74, 6) is 1.98. The van der Waals surface area contributed by atoms with Crippen LogP contribution in [0.5, 0.6) is 0 Å². The van der Waals surface area contributed by atoms with Gasteiger partial charge in [-0.25, -0.2) is 4.98 Å². The Morgan fingerprint density at radius 1 is 1.41 bits per heavy atom. The number of likely N-dealkylation sites (tertiary alicyclic amines) is 1. The third-order valence-corrected chi connectivity index (χ3v) is 4.07. The van der Waals surface area contributed by atoms with E-state index in [1.165, 1.54) is 19.3 Å². The molecule has 2 aromatic rings. The molecule has 1 aliphatic heterocycles. The molecule has 1 saturated heterocycles. The first-order chi connectivity index (χ1) is 10.6. The van der Waals surface area contributed by atoms with Gasteiger partial charge >= 0.3 is 0 Å². The van der Waals surface area contributed by atoms with Crippen LogP contribution in [0.4, 0.5) is 0 Å². The molecule has 0 bridgehead atoms. The maximum absolute atomic E-state index is 10.9. The fraction of sp³-hybridized carbons (Fsp3) is 0.533. The zero-order valence-electron chi connectivity index (χ0n) is 12.7. The number of aromatic nitrogens is 3. The first-order valence-corrected chi connectivity index (χ1v) is 7.67. The fourth-order valence-corrected chi connectivity index (χ4v) is 2.83. The molecule has 1 aliphatic rings. The second kappa shape index (κ2) is 6.31. The summed E-state index contributed by atoms with van der Waals surface area (Å²) in [6.45, 7) is 4.38. The lowest BCUT2D eigenvalue weighted by molar-refractivity contribution is -0.117. The minimum absolute atomic E-state index is 0.0464. The van der Waals surface area contributed by atoms with Crippen molar-refractivity contribution in [1.29, 1.82) is 0 Å². The van der Waals surface area contributed by atoms with Gasteiger partial charge in [0.05, 0.1) is 12.5 Å². The Kier molecular flexibility index (Phi) is 4.24. The van der Waals surface area contributed by atoms with E-state index in [9.17, 15) is 4.79 Å². The quantitative estimate of drug-likeness (QED) is 0.874. The fourth-order valence-electron chi connectivity index (χ4n) is 2.83. The molecule has 22 heavy (non-hydrogen) atoms. The lowest BCUT2D eigenvalue weighted by atomic mass is 10.1. The summed E-state index contributed by atoms with van der Waals surface area (Å²) >= 11 is 0. The van der Waals surface area contributed by atoms with Crippen LogP contribution in [0.3, 0.4) is 0 Å². The van der Waals surface area contributed by atoms with Gasteiger partial charge < -0.3 is 10.2 Å². The number of nitrogens with zero attached hydrogens (tertiary/aromatic N) is 3. The van der Waals surface area contributed by atoms with Gasteiger partial charge in [-0.05, 0) is 45.0 Å². The molecule has 0 aliphatic carbocycles. The largest absolute Gasteiger partial charge is 0.456 e. The monoisotopic (exact) mass is 303 g/mol. The van der Waals surface area contributed by atoms with E-state index >= 15 is 0 Å². The van der Waals surface area contributed by atoms with E-state index < -0.39 is 5.91 Å². The first kappa shape index (κ1) is 14.8. The van der Waals surface area contributed by atoms with E-state index in [0.717, 1.165) is 18.8 Å². The highest BCUT2D eigenvalue weighted by Crippen LogP contribution is 2.28.